The monoisotopic (exact) mass is 427 g/mol. The van der Waals surface area contributed by atoms with Gasteiger partial charge in [0, 0.05) is 35.6 Å². The maximum Gasteiger partial charge on any atom is 0.319 e. The van der Waals surface area contributed by atoms with E-state index in [1.807, 2.05) is 19.2 Å². The Morgan fingerprint density at radius 1 is 1.30 bits per heavy atom. The zero-order valence-electron chi connectivity index (χ0n) is 16.9. The van der Waals surface area contributed by atoms with Crippen molar-refractivity contribution in [3.05, 3.63) is 76.0 Å². The second kappa shape index (κ2) is 9.09. The second-order valence-electron chi connectivity index (χ2n) is 7.14. The minimum absolute atomic E-state index is 0.301. The number of benzene rings is 1. The fourth-order valence-corrected chi connectivity index (χ4v) is 3.39. The van der Waals surface area contributed by atoms with Gasteiger partial charge in [0.1, 0.15) is 11.5 Å². The number of aromatic nitrogens is 2. The van der Waals surface area contributed by atoms with E-state index in [4.69, 9.17) is 17.0 Å². The summed E-state index contributed by atoms with van der Waals surface area (Å²) in [5, 5.41) is 15.2. The van der Waals surface area contributed by atoms with E-state index in [0.29, 0.717) is 34.1 Å². The average molecular weight is 428 g/mol. The highest BCUT2D eigenvalue weighted by Gasteiger charge is 2.15. The molecule has 0 saturated carbocycles. The average Bonchev–Trinajstić information content (AvgIpc) is 3.07. The van der Waals surface area contributed by atoms with Crippen molar-refractivity contribution >= 4 is 34.4 Å². The smallest absolute Gasteiger partial charge is 0.319 e. The van der Waals surface area contributed by atoms with E-state index in [0.717, 1.165) is 16.5 Å². The molecule has 1 aromatic carbocycles. The highest BCUT2D eigenvalue weighted by Crippen LogP contribution is 2.23. The normalized spacial score (nSPS) is 13.0. The molecular formula is C22H23ClFN5O. The van der Waals surface area contributed by atoms with Gasteiger partial charge in [0.25, 0.3) is 0 Å². The number of aromatic amines is 1. The summed E-state index contributed by atoms with van der Waals surface area (Å²) in [7, 11) is 0. The van der Waals surface area contributed by atoms with Gasteiger partial charge in [-0.3, -0.25) is 0 Å². The van der Waals surface area contributed by atoms with E-state index in [1.54, 1.807) is 32.2 Å². The van der Waals surface area contributed by atoms with Gasteiger partial charge in [0.05, 0.1) is 11.1 Å². The SMILES string of the molecule is CC(=N)/C(Cc1c[nH]c2ncc(Cl)cc12)=C(/C)NC(=O)N[C@@H](C)c1ccc(F)cc1. The van der Waals surface area contributed by atoms with Crippen molar-refractivity contribution in [3.8, 4) is 0 Å². The molecule has 30 heavy (non-hydrogen) atoms. The third-order valence-electron chi connectivity index (χ3n) is 4.87. The summed E-state index contributed by atoms with van der Waals surface area (Å²) >= 11 is 6.07. The Balaban J connectivity index is 1.75. The number of fused-ring (bicyclic) bond motifs is 1. The quantitative estimate of drug-likeness (QED) is 0.403. The first-order valence-corrected chi connectivity index (χ1v) is 9.82. The van der Waals surface area contributed by atoms with E-state index >= 15 is 0 Å². The van der Waals surface area contributed by atoms with Crippen LogP contribution in [-0.4, -0.2) is 21.7 Å². The number of carbonyl (C=O) groups is 1. The van der Waals surface area contributed by atoms with E-state index in [2.05, 4.69) is 20.6 Å². The third kappa shape index (κ3) is 5.04. The molecular weight excluding hydrogens is 405 g/mol. The molecule has 1 atom stereocenters. The topological polar surface area (TPSA) is 93.7 Å². The predicted molar refractivity (Wildman–Crippen MR) is 117 cm³/mol. The van der Waals surface area contributed by atoms with Crippen LogP contribution in [0, 0.1) is 11.2 Å². The number of hydrogen-bond acceptors (Lipinski definition) is 3. The highest BCUT2D eigenvalue weighted by atomic mass is 35.5. The number of amides is 2. The summed E-state index contributed by atoms with van der Waals surface area (Å²) in [6, 6.07) is 7.10. The molecule has 8 heteroatoms. The zero-order chi connectivity index (χ0) is 21.8. The number of hydrogen-bond donors (Lipinski definition) is 4. The van der Waals surface area contributed by atoms with Gasteiger partial charge in [-0.15, -0.1) is 0 Å². The number of pyridine rings is 1. The molecule has 0 aliphatic rings. The number of urea groups is 1. The Labute approximate surface area is 179 Å². The van der Waals surface area contributed by atoms with Gasteiger partial charge in [-0.2, -0.15) is 0 Å². The Morgan fingerprint density at radius 2 is 2.00 bits per heavy atom. The van der Waals surface area contributed by atoms with Crippen molar-refractivity contribution in [1.29, 1.82) is 5.41 Å². The van der Waals surface area contributed by atoms with Gasteiger partial charge in [0.15, 0.2) is 0 Å². The number of nitrogens with zero attached hydrogens (tertiary/aromatic N) is 1. The van der Waals surface area contributed by atoms with Crippen LogP contribution >= 0.6 is 11.6 Å². The molecule has 2 aromatic heterocycles. The van der Waals surface area contributed by atoms with Crippen LogP contribution in [0.4, 0.5) is 9.18 Å². The molecule has 0 saturated heterocycles. The molecule has 0 unspecified atom stereocenters. The molecule has 0 spiro atoms. The molecule has 3 rings (SSSR count). The van der Waals surface area contributed by atoms with Crippen LogP contribution in [0.2, 0.25) is 5.02 Å². The molecule has 0 fully saturated rings. The lowest BCUT2D eigenvalue weighted by Gasteiger charge is -2.17. The number of carbonyl (C=O) groups excluding carboxylic acids is 1. The van der Waals surface area contributed by atoms with Crippen LogP contribution < -0.4 is 10.6 Å². The summed E-state index contributed by atoms with van der Waals surface area (Å²) in [6.45, 7) is 5.26. The Kier molecular flexibility index (Phi) is 6.52. The van der Waals surface area contributed by atoms with Crippen LogP contribution in [0.1, 0.15) is 37.9 Å². The lowest BCUT2D eigenvalue weighted by atomic mass is 10.00. The van der Waals surface area contributed by atoms with Crippen molar-refractivity contribution in [1.82, 2.24) is 20.6 Å². The largest absolute Gasteiger partial charge is 0.346 e. The van der Waals surface area contributed by atoms with Crippen LogP contribution in [-0.2, 0) is 6.42 Å². The first-order valence-electron chi connectivity index (χ1n) is 9.44. The highest BCUT2D eigenvalue weighted by molar-refractivity contribution is 6.31. The van der Waals surface area contributed by atoms with Crippen LogP contribution in [0.3, 0.4) is 0 Å². The number of H-pyrrole nitrogens is 1. The number of rotatable bonds is 6. The Hall–Kier alpha value is -3.19. The van der Waals surface area contributed by atoms with Crippen molar-refractivity contribution < 1.29 is 9.18 Å². The van der Waals surface area contributed by atoms with Crippen molar-refractivity contribution in [3.63, 3.8) is 0 Å². The van der Waals surface area contributed by atoms with Crippen LogP contribution in [0.5, 0.6) is 0 Å². The lowest BCUT2D eigenvalue weighted by Crippen LogP contribution is -2.36. The lowest BCUT2D eigenvalue weighted by molar-refractivity contribution is 0.240. The first kappa shape index (κ1) is 21.5. The summed E-state index contributed by atoms with van der Waals surface area (Å²) in [5.74, 6) is -0.325. The van der Waals surface area contributed by atoms with Gasteiger partial charge in [-0.05, 0) is 55.7 Å². The van der Waals surface area contributed by atoms with Gasteiger partial charge in [0.2, 0.25) is 0 Å². The molecule has 0 bridgehead atoms. The molecule has 2 amide bonds. The predicted octanol–water partition coefficient (Wildman–Crippen LogP) is 5.27. The van der Waals surface area contributed by atoms with Crippen LogP contribution in [0.25, 0.3) is 11.0 Å². The van der Waals surface area contributed by atoms with Gasteiger partial charge < -0.3 is 21.0 Å². The third-order valence-corrected chi connectivity index (χ3v) is 5.08. The van der Waals surface area contributed by atoms with E-state index in [9.17, 15) is 9.18 Å². The molecule has 4 N–H and O–H groups in total. The number of allylic oxidation sites excluding steroid dienone is 2. The Bertz CT molecular complexity index is 1120. The molecule has 3 aromatic rings. The molecule has 0 aliphatic carbocycles. The van der Waals surface area contributed by atoms with E-state index < -0.39 is 6.03 Å². The number of halogens is 2. The van der Waals surface area contributed by atoms with E-state index in [1.165, 1.54) is 12.1 Å². The summed E-state index contributed by atoms with van der Waals surface area (Å²) in [5.41, 5.74) is 4.07. The van der Waals surface area contributed by atoms with Crippen LogP contribution in [0.15, 0.2) is 54.0 Å². The molecule has 0 aliphatic heterocycles. The molecule has 156 valence electrons. The molecule has 6 nitrogen and oxygen atoms in total. The maximum atomic E-state index is 13.1. The summed E-state index contributed by atoms with van der Waals surface area (Å²) in [6.07, 6.45) is 3.85. The fourth-order valence-electron chi connectivity index (χ4n) is 3.23. The van der Waals surface area contributed by atoms with Gasteiger partial charge in [-0.1, -0.05) is 23.7 Å². The van der Waals surface area contributed by atoms with E-state index in [-0.39, 0.29) is 11.9 Å². The maximum absolute atomic E-state index is 13.1. The summed E-state index contributed by atoms with van der Waals surface area (Å²) in [4.78, 5) is 19.8. The Morgan fingerprint density at radius 3 is 2.67 bits per heavy atom. The minimum Gasteiger partial charge on any atom is -0.346 e. The molecule has 0 radical (unpaired) electrons. The second-order valence-corrected chi connectivity index (χ2v) is 7.58. The fraction of sp³-hybridized carbons (Fsp3) is 0.227. The minimum atomic E-state index is -0.397. The number of nitrogens with one attached hydrogen (secondary N) is 4. The van der Waals surface area contributed by atoms with Crippen molar-refractivity contribution in [2.45, 2.75) is 33.2 Å². The first-order chi connectivity index (χ1) is 14.2. The molecule has 2 heterocycles. The zero-order valence-corrected chi connectivity index (χ0v) is 17.7. The van der Waals surface area contributed by atoms with Crippen molar-refractivity contribution in [2.24, 2.45) is 0 Å². The van der Waals surface area contributed by atoms with Gasteiger partial charge in [-0.25, -0.2) is 14.2 Å². The standard InChI is InChI=1S/C22H23ClFN5O/c1-12(25)19(8-16-10-26-21-20(16)9-17(23)11-27-21)14(3)29-22(30)28-13(2)15-4-6-18(24)7-5-15/h4-7,9-11,13,25H,8H2,1-3H3,(H,26,27)(H2,28,29,30)/b19-14-,25-12?/t13-/m0/s1. The van der Waals surface area contributed by atoms with Crippen molar-refractivity contribution in [2.75, 3.05) is 0 Å². The summed E-state index contributed by atoms with van der Waals surface area (Å²) < 4.78 is 13.1. The van der Waals surface area contributed by atoms with Gasteiger partial charge >= 0.3 is 6.03 Å².